The van der Waals surface area contributed by atoms with Gasteiger partial charge >= 0.3 is 0 Å². The molecule has 0 radical (unpaired) electrons. The average molecular weight is 248 g/mol. The molecular formula is C13H16N2OS. The summed E-state index contributed by atoms with van der Waals surface area (Å²) in [5.41, 5.74) is 2.23. The molecule has 90 valence electrons. The zero-order valence-electron chi connectivity index (χ0n) is 9.85. The number of aromatic nitrogens is 1. The Morgan fingerprint density at radius 1 is 1.29 bits per heavy atom. The van der Waals surface area contributed by atoms with Crippen LogP contribution in [0.2, 0.25) is 0 Å². The summed E-state index contributed by atoms with van der Waals surface area (Å²) in [6, 6.07) is 10.2. The average Bonchev–Trinajstić information content (AvgIpc) is 2.85. The van der Waals surface area contributed by atoms with Crippen LogP contribution in [0.25, 0.3) is 11.3 Å². The molecular weight excluding hydrogens is 232 g/mol. The van der Waals surface area contributed by atoms with Crippen molar-refractivity contribution >= 4 is 11.3 Å². The molecule has 1 heterocycles. The van der Waals surface area contributed by atoms with Crippen molar-refractivity contribution in [3.8, 4) is 11.3 Å². The van der Waals surface area contributed by atoms with Crippen molar-refractivity contribution < 1.29 is 4.74 Å². The number of nitrogens with zero attached hydrogens (tertiary/aromatic N) is 1. The number of hydrogen-bond donors (Lipinski definition) is 1. The molecule has 2 aromatic rings. The summed E-state index contributed by atoms with van der Waals surface area (Å²) in [5, 5.41) is 6.50. The summed E-state index contributed by atoms with van der Waals surface area (Å²) in [4.78, 5) is 4.59. The highest BCUT2D eigenvalue weighted by molar-refractivity contribution is 7.09. The molecule has 0 amide bonds. The number of methoxy groups -OCH3 is 1. The Hall–Kier alpha value is -1.23. The van der Waals surface area contributed by atoms with E-state index in [1.54, 1.807) is 18.4 Å². The van der Waals surface area contributed by atoms with Gasteiger partial charge < -0.3 is 10.1 Å². The predicted octanol–water partition coefficient (Wildman–Crippen LogP) is 2.55. The third kappa shape index (κ3) is 3.63. The van der Waals surface area contributed by atoms with Gasteiger partial charge in [-0.1, -0.05) is 30.3 Å². The van der Waals surface area contributed by atoms with E-state index in [4.69, 9.17) is 4.74 Å². The molecule has 0 unspecified atom stereocenters. The molecule has 1 aromatic carbocycles. The van der Waals surface area contributed by atoms with Crippen LogP contribution in [-0.2, 0) is 11.3 Å². The van der Waals surface area contributed by atoms with Gasteiger partial charge in [-0.2, -0.15) is 0 Å². The molecule has 4 heteroatoms. The fraction of sp³-hybridized carbons (Fsp3) is 0.308. The molecule has 0 saturated carbocycles. The highest BCUT2D eigenvalue weighted by atomic mass is 32.1. The zero-order valence-corrected chi connectivity index (χ0v) is 10.7. The van der Waals surface area contributed by atoms with Crippen LogP contribution in [0.1, 0.15) is 5.01 Å². The van der Waals surface area contributed by atoms with Crippen LogP contribution in [0.4, 0.5) is 0 Å². The summed E-state index contributed by atoms with van der Waals surface area (Å²) in [7, 11) is 1.71. The van der Waals surface area contributed by atoms with E-state index in [1.807, 2.05) is 18.2 Å². The van der Waals surface area contributed by atoms with Crippen LogP contribution < -0.4 is 5.32 Å². The maximum absolute atomic E-state index is 4.97. The molecule has 0 atom stereocenters. The van der Waals surface area contributed by atoms with Gasteiger partial charge in [0.2, 0.25) is 0 Å². The highest BCUT2D eigenvalue weighted by Gasteiger charge is 2.03. The van der Waals surface area contributed by atoms with E-state index in [0.29, 0.717) is 0 Å². The first-order valence-electron chi connectivity index (χ1n) is 5.59. The quantitative estimate of drug-likeness (QED) is 0.798. The first kappa shape index (κ1) is 12.2. The smallest absolute Gasteiger partial charge is 0.107 e. The zero-order chi connectivity index (χ0) is 11.9. The second-order valence-electron chi connectivity index (χ2n) is 3.66. The summed E-state index contributed by atoms with van der Waals surface area (Å²) in [6.45, 7) is 2.40. The first-order chi connectivity index (χ1) is 8.40. The molecule has 0 saturated heterocycles. The molecule has 3 nitrogen and oxygen atoms in total. The minimum atomic E-state index is 0.733. The maximum Gasteiger partial charge on any atom is 0.107 e. The highest BCUT2D eigenvalue weighted by Crippen LogP contribution is 2.21. The Labute approximate surface area is 105 Å². The van der Waals surface area contributed by atoms with Gasteiger partial charge in [0.1, 0.15) is 5.01 Å². The van der Waals surface area contributed by atoms with Crippen molar-refractivity contribution in [2.24, 2.45) is 0 Å². The Balaban J connectivity index is 1.92. The van der Waals surface area contributed by atoms with E-state index < -0.39 is 0 Å². The van der Waals surface area contributed by atoms with Gasteiger partial charge in [0, 0.05) is 31.1 Å². The molecule has 0 aliphatic rings. The lowest BCUT2D eigenvalue weighted by atomic mass is 10.2. The Morgan fingerprint density at radius 2 is 2.12 bits per heavy atom. The van der Waals surface area contributed by atoms with Gasteiger partial charge in [-0.3, -0.25) is 0 Å². The lowest BCUT2D eigenvalue weighted by Crippen LogP contribution is -2.18. The van der Waals surface area contributed by atoms with E-state index >= 15 is 0 Å². The number of nitrogens with one attached hydrogen (secondary N) is 1. The minimum absolute atomic E-state index is 0.733. The third-order valence-electron chi connectivity index (χ3n) is 2.38. The lowest BCUT2D eigenvalue weighted by Gasteiger charge is -2.00. The van der Waals surface area contributed by atoms with E-state index in [-0.39, 0.29) is 0 Å². The van der Waals surface area contributed by atoms with Gasteiger partial charge in [0.15, 0.2) is 0 Å². The van der Waals surface area contributed by atoms with Gasteiger partial charge in [-0.05, 0) is 0 Å². The molecule has 1 aromatic heterocycles. The van der Waals surface area contributed by atoms with Crippen LogP contribution in [0.15, 0.2) is 35.7 Å². The SMILES string of the molecule is COCCNCc1nc(-c2ccccc2)cs1. The van der Waals surface area contributed by atoms with Gasteiger partial charge in [-0.25, -0.2) is 4.98 Å². The standard InChI is InChI=1S/C13H16N2OS/c1-16-8-7-14-9-13-15-12(10-17-13)11-5-3-2-4-6-11/h2-6,10,14H,7-9H2,1H3. The first-order valence-corrected chi connectivity index (χ1v) is 6.47. The number of hydrogen-bond acceptors (Lipinski definition) is 4. The van der Waals surface area contributed by atoms with E-state index in [0.717, 1.165) is 30.4 Å². The summed E-state index contributed by atoms with van der Waals surface area (Å²) >= 11 is 1.69. The molecule has 1 N–H and O–H groups in total. The maximum atomic E-state index is 4.97. The van der Waals surface area contributed by atoms with Crippen LogP contribution >= 0.6 is 11.3 Å². The molecule has 0 aliphatic heterocycles. The second-order valence-corrected chi connectivity index (χ2v) is 4.60. The van der Waals surface area contributed by atoms with Gasteiger partial charge in [-0.15, -0.1) is 11.3 Å². The lowest BCUT2D eigenvalue weighted by molar-refractivity contribution is 0.199. The van der Waals surface area contributed by atoms with Crippen molar-refractivity contribution in [2.75, 3.05) is 20.3 Å². The topological polar surface area (TPSA) is 34.1 Å². The summed E-state index contributed by atoms with van der Waals surface area (Å²) in [5.74, 6) is 0. The number of benzene rings is 1. The van der Waals surface area contributed by atoms with Crippen molar-refractivity contribution in [2.45, 2.75) is 6.54 Å². The fourth-order valence-corrected chi connectivity index (χ4v) is 2.28. The summed E-state index contributed by atoms with van der Waals surface area (Å²) in [6.07, 6.45) is 0. The van der Waals surface area contributed by atoms with Crippen molar-refractivity contribution in [1.82, 2.24) is 10.3 Å². The van der Waals surface area contributed by atoms with Crippen LogP contribution in [-0.4, -0.2) is 25.2 Å². The molecule has 0 aliphatic carbocycles. The third-order valence-corrected chi connectivity index (χ3v) is 3.23. The minimum Gasteiger partial charge on any atom is -0.383 e. The predicted molar refractivity (Wildman–Crippen MR) is 71.1 cm³/mol. The fourth-order valence-electron chi connectivity index (χ4n) is 1.50. The number of rotatable bonds is 6. The van der Waals surface area contributed by atoms with Crippen molar-refractivity contribution in [1.29, 1.82) is 0 Å². The molecule has 0 spiro atoms. The van der Waals surface area contributed by atoms with E-state index in [9.17, 15) is 0 Å². The van der Waals surface area contributed by atoms with Crippen LogP contribution in [0.5, 0.6) is 0 Å². The summed E-state index contributed by atoms with van der Waals surface area (Å²) < 4.78 is 4.97. The number of thiazole rings is 1. The molecule has 0 bridgehead atoms. The van der Waals surface area contributed by atoms with Crippen LogP contribution in [0, 0.1) is 0 Å². The van der Waals surface area contributed by atoms with Gasteiger partial charge in [0.05, 0.1) is 12.3 Å². The van der Waals surface area contributed by atoms with Gasteiger partial charge in [0.25, 0.3) is 0 Å². The Morgan fingerprint density at radius 3 is 2.88 bits per heavy atom. The van der Waals surface area contributed by atoms with Crippen LogP contribution in [0.3, 0.4) is 0 Å². The molecule has 2 rings (SSSR count). The monoisotopic (exact) mass is 248 g/mol. The second kappa shape index (κ2) is 6.49. The van der Waals surface area contributed by atoms with E-state index in [2.05, 4.69) is 27.8 Å². The number of ether oxygens (including phenoxy) is 1. The Bertz CT molecular complexity index is 442. The normalized spacial score (nSPS) is 10.6. The van der Waals surface area contributed by atoms with E-state index in [1.165, 1.54) is 5.56 Å². The molecule has 0 fully saturated rings. The Kier molecular flexibility index (Phi) is 4.67. The molecule has 17 heavy (non-hydrogen) atoms. The van der Waals surface area contributed by atoms with Crippen molar-refractivity contribution in [3.05, 3.63) is 40.7 Å². The largest absolute Gasteiger partial charge is 0.383 e. The van der Waals surface area contributed by atoms with Crippen molar-refractivity contribution in [3.63, 3.8) is 0 Å².